The molecule has 0 aliphatic carbocycles. The molecule has 3 heteroatoms. The first-order chi connectivity index (χ1) is 10.3. The first kappa shape index (κ1) is 13.3. The topological polar surface area (TPSA) is 35.0 Å². The largest absolute Gasteiger partial charge is 0.496 e. The molecule has 3 nitrogen and oxygen atoms in total. The third-order valence-electron chi connectivity index (χ3n) is 3.36. The lowest BCUT2D eigenvalue weighted by molar-refractivity contribution is 0.416. The Bertz CT molecular complexity index is 754. The molecule has 0 saturated heterocycles. The van der Waals surface area contributed by atoms with E-state index >= 15 is 0 Å². The molecule has 1 heterocycles. The van der Waals surface area contributed by atoms with E-state index < -0.39 is 0 Å². The van der Waals surface area contributed by atoms with Crippen LogP contribution in [0.15, 0.2) is 60.9 Å². The van der Waals surface area contributed by atoms with Crippen LogP contribution in [0.2, 0.25) is 0 Å². The van der Waals surface area contributed by atoms with Gasteiger partial charge in [0, 0.05) is 23.5 Å². The van der Waals surface area contributed by atoms with Gasteiger partial charge in [-0.25, -0.2) is 0 Å². The Morgan fingerprint density at radius 3 is 2.29 bits per heavy atom. The fourth-order valence-electron chi connectivity index (χ4n) is 2.34. The van der Waals surface area contributed by atoms with E-state index in [-0.39, 0.29) is 0 Å². The summed E-state index contributed by atoms with van der Waals surface area (Å²) in [6, 6.07) is 16.2. The normalized spacial score (nSPS) is 10.4. The second kappa shape index (κ2) is 5.75. The van der Waals surface area contributed by atoms with Crippen LogP contribution in [0.3, 0.4) is 0 Å². The van der Waals surface area contributed by atoms with E-state index in [2.05, 4.69) is 16.0 Å². The fraction of sp³-hybridized carbons (Fsp3) is 0.111. The molecule has 3 aromatic rings. The maximum atomic E-state index is 5.50. The van der Waals surface area contributed by atoms with Crippen LogP contribution in [0.25, 0.3) is 22.5 Å². The molecular weight excluding hydrogens is 260 g/mol. The number of hydrogen-bond acceptors (Lipinski definition) is 3. The Morgan fingerprint density at radius 2 is 1.57 bits per heavy atom. The Hall–Kier alpha value is -2.68. The van der Waals surface area contributed by atoms with E-state index in [4.69, 9.17) is 4.74 Å². The molecule has 0 N–H and O–H groups in total. The van der Waals surface area contributed by atoms with Crippen molar-refractivity contribution < 1.29 is 4.74 Å². The predicted molar refractivity (Wildman–Crippen MR) is 84.2 cm³/mol. The lowest BCUT2D eigenvalue weighted by Gasteiger charge is -2.12. The summed E-state index contributed by atoms with van der Waals surface area (Å²) in [7, 11) is 1.68. The quantitative estimate of drug-likeness (QED) is 0.721. The van der Waals surface area contributed by atoms with Crippen LogP contribution in [0.5, 0.6) is 5.75 Å². The van der Waals surface area contributed by atoms with Crippen molar-refractivity contribution in [2.24, 2.45) is 0 Å². The maximum absolute atomic E-state index is 5.50. The van der Waals surface area contributed by atoms with Gasteiger partial charge < -0.3 is 4.74 Å². The summed E-state index contributed by atoms with van der Waals surface area (Å²) in [5, 5.41) is 0. The number of benzene rings is 2. The van der Waals surface area contributed by atoms with Crippen molar-refractivity contribution >= 4 is 0 Å². The van der Waals surface area contributed by atoms with Gasteiger partial charge in [0.2, 0.25) is 0 Å². The second-order valence-corrected chi connectivity index (χ2v) is 4.82. The standard InChI is InChI=1S/C18H16N2O/c1-13-8-9-15(16(12-13)21-2)18-17(19-10-11-20-18)14-6-4-3-5-7-14/h3-12H,1-2H3. The summed E-state index contributed by atoms with van der Waals surface area (Å²) in [4.78, 5) is 9.03. The van der Waals surface area contributed by atoms with E-state index in [0.717, 1.165) is 33.8 Å². The van der Waals surface area contributed by atoms with E-state index in [1.54, 1.807) is 19.5 Å². The number of rotatable bonds is 3. The van der Waals surface area contributed by atoms with Gasteiger partial charge in [-0.15, -0.1) is 0 Å². The molecule has 1 aromatic heterocycles. The van der Waals surface area contributed by atoms with Crippen molar-refractivity contribution in [1.29, 1.82) is 0 Å². The smallest absolute Gasteiger partial charge is 0.128 e. The molecule has 0 saturated carbocycles. The highest BCUT2D eigenvalue weighted by Gasteiger charge is 2.14. The summed E-state index contributed by atoms with van der Waals surface area (Å²) in [6.45, 7) is 2.04. The van der Waals surface area contributed by atoms with Gasteiger partial charge in [-0.2, -0.15) is 0 Å². The van der Waals surface area contributed by atoms with Crippen LogP contribution in [0, 0.1) is 6.92 Å². The van der Waals surface area contributed by atoms with Crippen LogP contribution < -0.4 is 4.74 Å². The summed E-state index contributed by atoms with van der Waals surface area (Å²) in [5.41, 5.74) is 4.85. The minimum atomic E-state index is 0.813. The summed E-state index contributed by atoms with van der Waals surface area (Å²) in [6.07, 6.45) is 3.42. The van der Waals surface area contributed by atoms with Gasteiger partial charge in [0.1, 0.15) is 11.4 Å². The van der Waals surface area contributed by atoms with Gasteiger partial charge in [-0.05, 0) is 24.6 Å². The summed E-state index contributed by atoms with van der Waals surface area (Å²) >= 11 is 0. The Kier molecular flexibility index (Phi) is 3.65. The highest BCUT2D eigenvalue weighted by molar-refractivity contribution is 5.80. The Balaban J connectivity index is 2.21. The van der Waals surface area contributed by atoms with Gasteiger partial charge in [0.15, 0.2) is 0 Å². The predicted octanol–water partition coefficient (Wildman–Crippen LogP) is 4.13. The first-order valence-corrected chi connectivity index (χ1v) is 6.81. The zero-order chi connectivity index (χ0) is 14.7. The van der Waals surface area contributed by atoms with Crippen molar-refractivity contribution in [1.82, 2.24) is 9.97 Å². The SMILES string of the molecule is COc1cc(C)ccc1-c1nccnc1-c1ccccc1. The number of aromatic nitrogens is 2. The number of aryl methyl sites for hydroxylation is 1. The van der Waals surface area contributed by atoms with Gasteiger partial charge >= 0.3 is 0 Å². The number of methoxy groups -OCH3 is 1. The molecule has 2 aromatic carbocycles. The number of hydrogen-bond donors (Lipinski definition) is 0. The summed E-state index contributed by atoms with van der Waals surface area (Å²) in [5.74, 6) is 0.813. The van der Waals surface area contributed by atoms with Crippen LogP contribution >= 0.6 is 0 Å². The third kappa shape index (κ3) is 2.63. The zero-order valence-electron chi connectivity index (χ0n) is 12.1. The first-order valence-electron chi connectivity index (χ1n) is 6.81. The molecule has 0 radical (unpaired) electrons. The van der Waals surface area contributed by atoms with E-state index in [0.29, 0.717) is 0 Å². The fourth-order valence-corrected chi connectivity index (χ4v) is 2.34. The molecule has 0 atom stereocenters. The molecule has 0 fully saturated rings. The minimum Gasteiger partial charge on any atom is -0.496 e. The van der Waals surface area contributed by atoms with Crippen molar-refractivity contribution in [2.45, 2.75) is 6.92 Å². The van der Waals surface area contributed by atoms with Crippen molar-refractivity contribution in [3.63, 3.8) is 0 Å². The molecule has 0 aliphatic heterocycles. The highest BCUT2D eigenvalue weighted by atomic mass is 16.5. The average Bonchev–Trinajstić information content (AvgIpc) is 2.55. The van der Waals surface area contributed by atoms with Crippen LogP contribution in [-0.4, -0.2) is 17.1 Å². The lowest BCUT2D eigenvalue weighted by Crippen LogP contribution is -1.95. The number of nitrogens with zero attached hydrogens (tertiary/aromatic N) is 2. The van der Waals surface area contributed by atoms with E-state index in [9.17, 15) is 0 Å². The molecule has 104 valence electrons. The molecular formula is C18H16N2O. The monoisotopic (exact) mass is 276 g/mol. The van der Waals surface area contributed by atoms with Gasteiger partial charge in [-0.1, -0.05) is 36.4 Å². The minimum absolute atomic E-state index is 0.813. The number of ether oxygens (including phenoxy) is 1. The van der Waals surface area contributed by atoms with Crippen molar-refractivity contribution in [2.75, 3.05) is 7.11 Å². The highest BCUT2D eigenvalue weighted by Crippen LogP contribution is 2.34. The van der Waals surface area contributed by atoms with Gasteiger partial charge in [0.05, 0.1) is 12.8 Å². The summed E-state index contributed by atoms with van der Waals surface area (Å²) < 4.78 is 5.50. The van der Waals surface area contributed by atoms with Crippen molar-refractivity contribution in [3.8, 4) is 28.3 Å². The van der Waals surface area contributed by atoms with Crippen molar-refractivity contribution in [3.05, 3.63) is 66.5 Å². The van der Waals surface area contributed by atoms with Crippen LogP contribution in [0.4, 0.5) is 0 Å². The molecule has 0 bridgehead atoms. The molecule has 0 amide bonds. The molecule has 0 unspecified atom stereocenters. The molecule has 0 spiro atoms. The Morgan fingerprint density at radius 1 is 0.857 bits per heavy atom. The van der Waals surface area contributed by atoms with Gasteiger partial charge in [-0.3, -0.25) is 9.97 Å². The second-order valence-electron chi connectivity index (χ2n) is 4.82. The van der Waals surface area contributed by atoms with E-state index in [1.807, 2.05) is 49.4 Å². The van der Waals surface area contributed by atoms with Crippen LogP contribution in [-0.2, 0) is 0 Å². The zero-order valence-corrected chi connectivity index (χ0v) is 12.1. The molecule has 21 heavy (non-hydrogen) atoms. The molecule has 3 rings (SSSR count). The third-order valence-corrected chi connectivity index (χ3v) is 3.36. The van der Waals surface area contributed by atoms with Gasteiger partial charge in [0.25, 0.3) is 0 Å². The van der Waals surface area contributed by atoms with E-state index in [1.165, 1.54) is 0 Å². The Labute approximate surface area is 124 Å². The maximum Gasteiger partial charge on any atom is 0.128 e. The molecule has 0 aliphatic rings. The average molecular weight is 276 g/mol. The lowest BCUT2D eigenvalue weighted by atomic mass is 10.0. The van der Waals surface area contributed by atoms with Crippen LogP contribution in [0.1, 0.15) is 5.56 Å².